The Morgan fingerprint density at radius 1 is 0.828 bits per heavy atom. The van der Waals surface area contributed by atoms with Gasteiger partial charge in [0.25, 0.3) is 0 Å². The smallest absolute Gasteiger partial charge is 0.119 e. The summed E-state index contributed by atoms with van der Waals surface area (Å²) >= 11 is 6.20. The highest BCUT2D eigenvalue weighted by Gasteiger charge is 2.14. The molecule has 3 rings (SSSR count). The van der Waals surface area contributed by atoms with Crippen LogP contribution in [0.3, 0.4) is 0 Å². The zero-order chi connectivity index (χ0) is 25.5. The standard InChI is InChI=1S/C26H28ClNO/c1-28(2)19-20-29-24-15-13-23(14-16-24)26(22-11-7-4-8-12-22)25(17-18-27)21-9-5-3-6-10-21/h3-16H,17-20H2,1-2H3/b26-25-/i1D3,2D3. The fourth-order valence-corrected chi connectivity index (χ4v) is 3.43. The average molecular weight is 412 g/mol. The third kappa shape index (κ3) is 5.96. The Morgan fingerprint density at radius 3 is 2.00 bits per heavy atom. The van der Waals surface area contributed by atoms with Crippen molar-refractivity contribution in [3.63, 3.8) is 0 Å². The summed E-state index contributed by atoms with van der Waals surface area (Å²) in [5.74, 6) is 1.00. The van der Waals surface area contributed by atoms with Gasteiger partial charge in [0.2, 0.25) is 0 Å². The quantitative estimate of drug-likeness (QED) is 0.306. The minimum atomic E-state index is -2.73. The average Bonchev–Trinajstić information content (AvgIpc) is 2.82. The van der Waals surface area contributed by atoms with E-state index in [1.54, 1.807) is 12.1 Å². The van der Waals surface area contributed by atoms with E-state index < -0.39 is 14.0 Å². The van der Waals surface area contributed by atoms with Crippen LogP contribution < -0.4 is 4.74 Å². The first-order valence-corrected chi connectivity index (χ1v) is 10.1. The molecule has 3 aromatic rings. The fraction of sp³-hybridized carbons (Fsp3) is 0.231. The summed E-state index contributed by atoms with van der Waals surface area (Å²) in [6, 6.07) is 27.7. The van der Waals surface area contributed by atoms with Crippen molar-refractivity contribution in [2.75, 3.05) is 33.0 Å². The number of allylic oxidation sites excluding steroid dienone is 1. The van der Waals surface area contributed by atoms with Crippen LogP contribution in [0.4, 0.5) is 0 Å². The summed E-state index contributed by atoms with van der Waals surface area (Å²) in [6.07, 6.45) is 0.689. The van der Waals surface area contributed by atoms with Gasteiger partial charge in [-0.15, -0.1) is 11.6 Å². The van der Waals surface area contributed by atoms with Crippen LogP contribution in [-0.4, -0.2) is 37.9 Å². The molecule has 0 atom stereocenters. The van der Waals surface area contributed by atoms with Crippen molar-refractivity contribution in [3.8, 4) is 5.75 Å². The molecule has 0 bridgehead atoms. The number of nitrogens with zero attached hydrogens (tertiary/aromatic N) is 1. The van der Waals surface area contributed by atoms with Gasteiger partial charge in [-0.2, -0.15) is 0 Å². The number of halogens is 1. The van der Waals surface area contributed by atoms with Gasteiger partial charge in [0.05, 0.1) is 0 Å². The third-order valence-corrected chi connectivity index (χ3v) is 4.75. The van der Waals surface area contributed by atoms with Crippen molar-refractivity contribution < 1.29 is 13.0 Å². The first kappa shape index (κ1) is 14.4. The minimum Gasteiger partial charge on any atom is -0.492 e. The molecule has 150 valence electrons. The van der Waals surface area contributed by atoms with Gasteiger partial charge in [-0.1, -0.05) is 72.8 Å². The van der Waals surface area contributed by atoms with E-state index in [2.05, 4.69) is 24.3 Å². The summed E-state index contributed by atoms with van der Waals surface area (Å²) in [7, 11) is 0. The summed E-state index contributed by atoms with van der Waals surface area (Å²) in [5, 5.41) is 0. The van der Waals surface area contributed by atoms with E-state index in [1.807, 2.05) is 48.5 Å². The first-order valence-electron chi connectivity index (χ1n) is 12.5. The summed E-state index contributed by atoms with van der Waals surface area (Å²) in [5.41, 5.74) is 5.35. The van der Waals surface area contributed by atoms with Gasteiger partial charge in [-0.05, 0) is 60.3 Å². The molecule has 0 fully saturated rings. The van der Waals surface area contributed by atoms with Crippen molar-refractivity contribution in [1.82, 2.24) is 4.90 Å². The third-order valence-electron chi connectivity index (χ3n) is 4.56. The van der Waals surface area contributed by atoms with E-state index in [-0.39, 0.29) is 13.2 Å². The lowest BCUT2D eigenvalue weighted by Gasteiger charge is -2.17. The predicted molar refractivity (Wildman–Crippen MR) is 125 cm³/mol. The van der Waals surface area contributed by atoms with Crippen LogP contribution in [-0.2, 0) is 0 Å². The van der Waals surface area contributed by atoms with Crippen molar-refractivity contribution in [2.45, 2.75) is 6.42 Å². The molecular weight excluding hydrogens is 378 g/mol. The van der Waals surface area contributed by atoms with Crippen molar-refractivity contribution >= 4 is 22.7 Å². The second kappa shape index (κ2) is 10.8. The van der Waals surface area contributed by atoms with Crippen molar-refractivity contribution in [2.24, 2.45) is 0 Å². The van der Waals surface area contributed by atoms with Crippen LogP contribution in [0, 0.1) is 0 Å². The maximum absolute atomic E-state index is 7.46. The molecule has 0 aliphatic heterocycles. The normalized spacial score (nSPS) is 15.9. The van der Waals surface area contributed by atoms with E-state index in [4.69, 9.17) is 24.6 Å². The molecule has 29 heavy (non-hydrogen) atoms. The van der Waals surface area contributed by atoms with E-state index in [0.29, 0.717) is 23.0 Å². The van der Waals surface area contributed by atoms with Gasteiger partial charge in [0.1, 0.15) is 12.4 Å². The van der Waals surface area contributed by atoms with Gasteiger partial charge in [0.15, 0.2) is 0 Å². The number of hydrogen-bond acceptors (Lipinski definition) is 2. The van der Waals surface area contributed by atoms with E-state index >= 15 is 0 Å². The molecule has 0 spiro atoms. The Morgan fingerprint density at radius 2 is 1.41 bits per heavy atom. The van der Waals surface area contributed by atoms with E-state index in [0.717, 1.165) is 27.8 Å². The number of benzene rings is 3. The molecule has 0 N–H and O–H groups in total. The molecule has 0 unspecified atom stereocenters. The van der Waals surface area contributed by atoms with Crippen molar-refractivity contribution in [1.29, 1.82) is 0 Å². The Labute approximate surface area is 187 Å². The Balaban J connectivity index is 1.89. The van der Waals surface area contributed by atoms with Gasteiger partial charge < -0.3 is 9.64 Å². The van der Waals surface area contributed by atoms with Crippen molar-refractivity contribution in [3.05, 3.63) is 102 Å². The molecule has 3 aromatic carbocycles. The van der Waals surface area contributed by atoms with Crippen LogP contribution in [0.15, 0.2) is 84.9 Å². The number of hydrogen-bond donors (Lipinski definition) is 0. The van der Waals surface area contributed by atoms with Crippen LogP contribution in [0.5, 0.6) is 5.75 Å². The molecule has 3 heteroatoms. The lowest BCUT2D eigenvalue weighted by Crippen LogP contribution is -2.19. The van der Waals surface area contributed by atoms with Gasteiger partial charge in [0, 0.05) is 20.6 Å². The maximum atomic E-state index is 7.46. The largest absolute Gasteiger partial charge is 0.492 e. The Kier molecular flexibility index (Phi) is 5.40. The van der Waals surface area contributed by atoms with E-state index in [1.165, 1.54) is 0 Å². The van der Waals surface area contributed by atoms with Gasteiger partial charge >= 0.3 is 0 Å². The highest BCUT2D eigenvalue weighted by atomic mass is 35.5. The van der Waals surface area contributed by atoms with Crippen LogP contribution in [0.1, 0.15) is 31.3 Å². The Bertz CT molecular complexity index is 1080. The zero-order valence-corrected chi connectivity index (χ0v) is 16.9. The SMILES string of the molecule is [2H]C([2H])([2H])N(CCOc1ccc(/C(=C(/CCCl)c2ccccc2)c2ccccc2)cc1)C([2H])([2H])[2H]. The number of alkyl halides is 1. The predicted octanol–water partition coefficient (Wildman–Crippen LogP) is 6.22. The molecule has 0 heterocycles. The molecule has 2 nitrogen and oxygen atoms in total. The maximum Gasteiger partial charge on any atom is 0.119 e. The minimum absolute atomic E-state index is 0.0704. The number of likely N-dealkylation sites (N-methyl/N-ethyl adjacent to an activating group) is 1. The molecule has 0 amide bonds. The second-order valence-electron chi connectivity index (χ2n) is 6.55. The number of rotatable bonds is 9. The monoisotopic (exact) mass is 411 g/mol. The molecule has 0 aliphatic rings. The summed E-state index contributed by atoms with van der Waals surface area (Å²) < 4.78 is 50.4. The molecule has 0 saturated heterocycles. The fourth-order valence-electron chi connectivity index (χ4n) is 3.24. The number of ether oxygens (including phenoxy) is 1. The second-order valence-corrected chi connectivity index (χ2v) is 6.93. The van der Waals surface area contributed by atoms with Crippen LogP contribution >= 0.6 is 11.6 Å². The van der Waals surface area contributed by atoms with E-state index in [9.17, 15) is 0 Å². The van der Waals surface area contributed by atoms with Gasteiger partial charge in [-0.3, -0.25) is 0 Å². The lowest BCUT2D eigenvalue weighted by molar-refractivity contribution is 0.261. The van der Waals surface area contributed by atoms with Crippen LogP contribution in [0.25, 0.3) is 11.1 Å². The topological polar surface area (TPSA) is 12.5 Å². The van der Waals surface area contributed by atoms with Crippen LogP contribution in [0.2, 0.25) is 0 Å². The summed E-state index contributed by atoms with van der Waals surface area (Å²) in [6.45, 7) is -5.79. The zero-order valence-electron chi connectivity index (χ0n) is 22.1. The lowest BCUT2D eigenvalue weighted by atomic mass is 9.88. The first-order chi connectivity index (χ1) is 16.6. The highest BCUT2D eigenvalue weighted by Crippen LogP contribution is 2.35. The highest BCUT2D eigenvalue weighted by molar-refractivity contribution is 6.18. The molecule has 0 radical (unpaired) electrons. The molecule has 0 aromatic heterocycles. The Hall–Kier alpha value is -2.55. The van der Waals surface area contributed by atoms with Gasteiger partial charge in [-0.25, -0.2) is 0 Å². The molecule has 0 saturated carbocycles. The molecular formula is C26H28ClNO. The molecule has 0 aliphatic carbocycles. The summed E-state index contributed by atoms with van der Waals surface area (Å²) in [4.78, 5) is 0.489.